The summed E-state index contributed by atoms with van der Waals surface area (Å²) in [4.78, 5) is 23.4. The van der Waals surface area contributed by atoms with Gasteiger partial charge in [-0.2, -0.15) is 0 Å². The van der Waals surface area contributed by atoms with E-state index < -0.39 is 26.9 Å². The number of benzene rings is 2. The van der Waals surface area contributed by atoms with Gasteiger partial charge in [-0.25, -0.2) is 8.42 Å². The van der Waals surface area contributed by atoms with Gasteiger partial charge in [-0.1, -0.05) is 30.3 Å². The summed E-state index contributed by atoms with van der Waals surface area (Å²) in [5, 5.41) is 14.0. The van der Waals surface area contributed by atoms with Crippen molar-refractivity contribution in [2.75, 3.05) is 10.6 Å². The molecule has 0 saturated carbocycles. The smallest absolute Gasteiger partial charge is 0.271 e. The van der Waals surface area contributed by atoms with Crippen LogP contribution >= 0.6 is 0 Å². The highest BCUT2D eigenvalue weighted by molar-refractivity contribution is 7.92. The van der Waals surface area contributed by atoms with E-state index in [0.717, 1.165) is 41.5 Å². The first-order valence-corrected chi connectivity index (χ1v) is 11.2. The molecule has 29 heavy (non-hydrogen) atoms. The molecule has 2 atom stereocenters. The fraction of sp³-hybridized carbons (Fsp3) is 0.350. The van der Waals surface area contributed by atoms with Gasteiger partial charge in [0.1, 0.15) is 6.04 Å². The van der Waals surface area contributed by atoms with Gasteiger partial charge < -0.3 is 5.32 Å². The Morgan fingerprint density at radius 1 is 1.24 bits per heavy atom. The Balaban J connectivity index is 1.88. The lowest BCUT2D eigenvalue weighted by molar-refractivity contribution is -0.384. The van der Waals surface area contributed by atoms with Crippen LogP contribution < -0.4 is 9.62 Å². The molecule has 2 aromatic rings. The van der Waals surface area contributed by atoms with E-state index >= 15 is 0 Å². The highest BCUT2D eigenvalue weighted by Crippen LogP contribution is 2.30. The third-order valence-corrected chi connectivity index (χ3v) is 6.31. The minimum atomic E-state index is -3.86. The van der Waals surface area contributed by atoms with E-state index in [9.17, 15) is 23.3 Å². The van der Waals surface area contributed by atoms with Crippen molar-refractivity contribution in [3.05, 3.63) is 69.8 Å². The van der Waals surface area contributed by atoms with Gasteiger partial charge in [0.25, 0.3) is 5.69 Å². The fourth-order valence-corrected chi connectivity index (χ4v) is 4.92. The predicted molar refractivity (Wildman–Crippen MR) is 110 cm³/mol. The van der Waals surface area contributed by atoms with E-state index in [1.54, 1.807) is 0 Å². The Labute approximate surface area is 169 Å². The molecule has 0 spiro atoms. The van der Waals surface area contributed by atoms with Gasteiger partial charge in [0, 0.05) is 12.1 Å². The molecule has 9 heteroatoms. The minimum Gasteiger partial charge on any atom is -0.347 e. The zero-order valence-corrected chi connectivity index (χ0v) is 17.1. The number of amides is 1. The summed E-state index contributed by atoms with van der Waals surface area (Å²) in [6.45, 7) is 1.48. The van der Waals surface area contributed by atoms with Crippen LogP contribution in [0.4, 0.5) is 11.4 Å². The van der Waals surface area contributed by atoms with Crippen LogP contribution in [0, 0.1) is 10.1 Å². The molecular weight excluding hydrogens is 394 g/mol. The molecule has 0 unspecified atom stereocenters. The number of hydrogen-bond acceptors (Lipinski definition) is 5. The number of hydrogen-bond donors (Lipinski definition) is 1. The molecule has 1 N–H and O–H groups in total. The number of carbonyl (C=O) groups is 1. The molecule has 1 aliphatic carbocycles. The zero-order chi connectivity index (χ0) is 21.2. The van der Waals surface area contributed by atoms with E-state index in [0.29, 0.717) is 0 Å². The molecule has 0 aliphatic heterocycles. The first kappa shape index (κ1) is 20.8. The van der Waals surface area contributed by atoms with Crippen molar-refractivity contribution in [1.82, 2.24) is 5.32 Å². The summed E-state index contributed by atoms with van der Waals surface area (Å²) in [6.07, 6.45) is 3.62. The number of sulfonamides is 1. The van der Waals surface area contributed by atoms with Gasteiger partial charge >= 0.3 is 0 Å². The highest BCUT2D eigenvalue weighted by Gasteiger charge is 2.32. The number of anilines is 1. The normalized spacial score (nSPS) is 17.1. The van der Waals surface area contributed by atoms with Crippen LogP contribution in [0.15, 0.2) is 48.5 Å². The van der Waals surface area contributed by atoms with Crippen LogP contribution in [0.3, 0.4) is 0 Å². The second-order valence-corrected chi connectivity index (χ2v) is 9.02. The fourth-order valence-electron chi connectivity index (χ4n) is 3.75. The van der Waals surface area contributed by atoms with Crippen molar-refractivity contribution in [3.63, 3.8) is 0 Å². The summed E-state index contributed by atoms with van der Waals surface area (Å²) in [5.41, 5.74) is 2.05. The molecule has 0 radical (unpaired) electrons. The Kier molecular flexibility index (Phi) is 5.88. The van der Waals surface area contributed by atoms with E-state index in [1.165, 1.54) is 30.7 Å². The van der Waals surface area contributed by atoms with Gasteiger partial charge in [0.2, 0.25) is 15.9 Å². The Hall–Kier alpha value is -2.94. The van der Waals surface area contributed by atoms with Crippen molar-refractivity contribution in [2.24, 2.45) is 0 Å². The maximum atomic E-state index is 13.0. The number of non-ortho nitro benzene ring substituents is 1. The van der Waals surface area contributed by atoms with Gasteiger partial charge in [-0.15, -0.1) is 0 Å². The molecule has 0 bridgehead atoms. The van der Waals surface area contributed by atoms with Crippen molar-refractivity contribution < 1.29 is 18.1 Å². The van der Waals surface area contributed by atoms with E-state index in [4.69, 9.17) is 0 Å². The molecule has 8 nitrogen and oxygen atoms in total. The molecule has 1 amide bonds. The minimum absolute atomic E-state index is 0.0772. The quantitative estimate of drug-likeness (QED) is 0.574. The number of nitrogens with one attached hydrogen (secondary N) is 1. The van der Waals surface area contributed by atoms with E-state index in [2.05, 4.69) is 5.32 Å². The van der Waals surface area contributed by atoms with Crippen molar-refractivity contribution in [2.45, 2.75) is 38.3 Å². The summed E-state index contributed by atoms with van der Waals surface area (Å²) in [6, 6.07) is 11.9. The Bertz CT molecular complexity index is 1040. The average molecular weight is 417 g/mol. The van der Waals surface area contributed by atoms with E-state index in [-0.39, 0.29) is 17.4 Å². The number of nitro groups is 1. The first-order chi connectivity index (χ1) is 13.7. The van der Waals surface area contributed by atoms with Crippen LogP contribution in [0.1, 0.15) is 36.9 Å². The molecule has 0 saturated heterocycles. The molecule has 0 aromatic heterocycles. The second-order valence-electron chi connectivity index (χ2n) is 7.16. The lowest BCUT2D eigenvalue weighted by Gasteiger charge is -2.31. The Morgan fingerprint density at radius 2 is 1.97 bits per heavy atom. The monoisotopic (exact) mass is 417 g/mol. The molecule has 154 valence electrons. The van der Waals surface area contributed by atoms with Gasteiger partial charge in [-0.05, 0) is 43.4 Å². The van der Waals surface area contributed by atoms with E-state index in [1.807, 2.05) is 24.3 Å². The second kappa shape index (κ2) is 8.20. The number of aryl methyl sites for hydroxylation is 1. The number of nitrogens with zero attached hydrogens (tertiary/aromatic N) is 2. The number of rotatable bonds is 6. The lowest BCUT2D eigenvalue weighted by atomic mass is 9.87. The SMILES string of the molecule is C[C@@H](C(=O)N[C@@H]1CCCc2ccccc21)N(c1cccc([N+](=O)[O-])c1)S(C)(=O)=O. The van der Waals surface area contributed by atoms with Gasteiger partial charge in [0.15, 0.2) is 0 Å². The molecule has 3 rings (SSSR count). The summed E-state index contributed by atoms with van der Waals surface area (Å²) in [5.74, 6) is -0.455. The van der Waals surface area contributed by atoms with Gasteiger partial charge in [-0.3, -0.25) is 19.2 Å². The maximum absolute atomic E-state index is 13.0. The maximum Gasteiger partial charge on any atom is 0.271 e. The summed E-state index contributed by atoms with van der Waals surface area (Å²) >= 11 is 0. The first-order valence-electron chi connectivity index (χ1n) is 9.30. The van der Waals surface area contributed by atoms with Crippen molar-refractivity contribution in [1.29, 1.82) is 0 Å². The summed E-state index contributed by atoms with van der Waals surface area (Å²) < 4.78 is 25.8. The molecular formula is C20H23N3O5S. The Morgan fingerprint density at radius 3 is 2.66 bits per heavy atom. The predicted octanol–water partition coefficient (Wildman–Crippen LogP) is 2.94. The number of fused-ring (bicyclic) bond motifs is 1. The molecule has 2 aromatic carbocycles. The summed E-state index contributed by atoms with van der Waals surface area (Å²) in [7, 11) is -3.86. The molecule has 0 heterocycles. The third-order valence-electron chi connectivity index (χ3n) is 5.07. The van der Waals surface area contributed by atoms with Crippen LogP contribution in [-0.2, 0) is 21.2 Å². The largest absolute Gasteiger partial charge is 0.347 e. The van der Waals surface area contributed by atoms with Gasteiger partial charge in [0.05, 0.1) is 22.9 Å². The van der Waals surface area contributed by atoms with Crippen molar-refractivity contribution >= 4 is 27.3 Å². The number of nitro benzene ring substituents is 1. The standard InChI is InChI=1S/C20H23N3O5S/c1-14(20(24)21-19-12-5-8-15-7-3-4-11-18(15)19)22(29(2,27)28)16-9-6-10-17(13-16)23(25)26/h3-4,6-7,9-11,13-14,19H,5,8,12H2,1-2H3,(H,21,24)/t14-,19+/m0/s1. The number of carbonyl (C=O) groups excluding carboxylic acids is 1. The van der Waals surface area contributed by atoms with Crippen LogP contribution in [0.5, 0.6) is 0 Å². The molecule has 0 fully saturated rings. The van der Waals surface area contributed by atoms with Crippen LogP contribution in [-0.4, -0.2) is 31.5 Å². The highest BCUT2D eigenvalue weighted by atomic mass is 32.2. The van der Waals surface area contributed by atoms with Crippen LogP contribution in [0.2, 0.25) is 0 Å². The third kappa shape index (κ3) is 4.56. The lowest BCUT2D eigenvalue weighted by Crippen LogP contribution is -2.49. The van der Waals surface area contributed by atoms with Crippen molar-refractivity contribution in [3.8, 4) is 0 Å². The average Bonchev–Trinajstić information content (AvgIpc) is 2.67. The van der Waals surface area contributed by atoms with Crippen LogP contribution in [0.25, 0.3) is 0 Å². The molecule has 1 aliphatic rings. The topological polar surface area (TPSA) is 110 Å². The zero-order valence-electron chi connectivity index (χ0n) is 16.2.